The fourth-order valence-electron chi connectivity index (χ4n) is 2.56. The van der Waals surface area contributed by atoms with Crippen LogP contribution in [0.5, 0.6) is 5.75 Å². The molecular weight excluding hydrogens is 288 g/mol. The van der Waals surface area contributed by atoms with E-state index in [1.165, 1.54) is 0 Å². The summed E-state index contributed by atoms with van der Waals surface area (Å²) in [5.41, 5.74) is 9.34. The Labute approximate surface area is 134 Å². The molecular formula is C18H18N4O. The maximum atomic E-state index is 9.12. The SMILES string of the molecule is CCCOc1ccc(-c2nc3ccccc3n2CC#N)cc1N. The van der Waals surface area contributed by atoms with Crippen LogP contribution in [0, 0.1) is 11.3 Å². The van der Waals surface area contributed by atoms with Crippen molar-refractivity contribution in [3.63, 3.8) is 0 Å². The molecule has 0 bridgehead atoms. The molecule has 0 fully saturated rings. The van der Waals surface area contributed by atoms with E-state index in [-0.39, 0.29) is 6.54 Å². The number of nitrogens with two attached hydrogens (primary N) is 1. The van der Waals surface area contributed by atoms with Gasteiger partial charge in [-0.05, 0) is 36.8 Å². The summed E-state index contributed by atoms with van der Waals surface area (Å²) in [5, 5.41) is 9.12. The lowest BCUT2D eigenvalue weighted by molar-refractivity contribution is 0.319. The molecule has 0 aliphatic heterocycles. The predicted octanol–water partition coefficient (Wildman–Crippen LogP) is 3.60. The molecule has 0 atom stereocenters. The lowest BCUT2D eigenvalue weighted by Gasteiger charge is -2.10. The van der Waals surface area contributed by atoms with Crippen LogP contribution in [0.4, 0.5) is 5.69 Å². The second-order valence-electron chi connectivity index (χ2n) is 5.27. The first-order valence-electron chi connectivity index (χ1n) is 7.59. The van der Waals surface area contributed by atoms with Crippen molar-refractivity contribution in [2.24, 2.45) is 0 Å². The Bertz CT molecular complexity index is 876. The molecule has 3 rings (SSSR count). The van der Waals surface area contributed by atoms with Gasteiger partial charge < -0.3 is 15.0 Å². The van der Waals surface area contributed by atoms with Crippen LogP contribution in [0.15, 0.2) is 42.5 Å². The molecule has 1 aromatic heterocycles. The van der Waals surface area contributed by atoms with Gasteiger partial charge >= 0.3 is 0 Å². The highest BCUT2D eigenvalue weighted by Crippen LogP contribution is 2.30. The summed E-state index contributed by atoms with van der Waals surface area (Å²) < 4.78 is 7.51. The molecule has 116 valence electrons. The number of fused-ring (bicyclic) bond motifs is 1. The van der Waals surface area contributed by atoms with E-state index >= 15 is 0 Å². The van der Waals surface area contributed by atoms with Gasteiger partial charge in [0.15, 0.2) is 0 Å². The van der Waals surface area contributed by atoms with Crippen LogP contribution in [0.2, 0.25) is 0 Å². The number of hydrogen-bond acceptors (Lipinski definition) is 4. The molecule has 0 spiro atoms. The third kappa shape index (κ3) is 2.84. The zero-order chi connectivity index (χ0) is 16.2. The first-order chi connectivity index (χ1) is 11.2. The summed E-state index contributed by atoms with van der Waals surface area (Å²) in [5.74, 6) is 1.42. The van der Waals surface area contributed by atoms with Crippen molar-refractivity contribution >= 4 is 16.7 Å². The summed E-state index contributed by atoms with van der Waals surface area (Å²) in [7, 11) is 0. The van der Waals surface area contributed by atoms with E-state index in [1.54, 1.807) is 0 Å². The number of rotatable bonds is 5. The maximum absolute atomic E-state index is 9.12. The van der Waals surface area contributed by atoms with Gasteiger partial charge in [0.2, 0.25) is 0 Å². The van der Waals surface area contributed by atoms with Gasteiger partial charge in [-0.3, -0.25) is 0 Å². The number of hydrogen-bond donors (Lipinski definition) is 1. The smallest absolute Gasteiger partial charge is 0.142 e. The van der Waals surface area contributed by atoms with Crippen LogP contribution < -0.4 is 10.5 Å². The zero-order valence-electron chi connectivity index (χ0n) is 13.0. The van der Waals surface area contributed by atoms with Gasteiger partial charge in [-0.15, -0.1) is 0 Å². The van der Waals surface area contributed by atoms with Crippen LogP contribution >= 0.6 is 0 Å². The number of benzene rings is 2. The number of nitriles is 1. The van der Waals surface area contributed by atoms with Crippen molar-refractivity contribution in [3.05, 3.63) is 42.5 Å². The molecule has 3 aromatic rings. The van der Waals surface area contributed by atoms with E-state index in [1.807, 2.05) is 47.0 Å². The Kier molecular flexibility index (Phi) is 4.15. The summed E-state index contributed by atoms with van der Waals surface area (Å²) in [6.45, 7) is 2.93. The second kappa shape index (κ2) is 6.41. The van der Waals surface area contributed by atoms with E-state index in [0.29, 0.717) is 18.0 Å². The maximum Gasteiger partial charge on any atom is 0.142 e. The lowest BCUT2D eigenvalue weighted by Crippen LogP contribution is -2.01. The highest BCUT2D eigenvalue weighted by atomic mass is 16.5. The molecule has 5 heteroatoms. The quantitative estimate of drug-likeness (QED) is 0.731. The van der Waals surface area contributed by atoms with Crippen molar-refractivity contribution in [1.29, 1.82) is 5.26 Å². The van der Waals surface area contributed by atoms with Crippen LogP contribution in [0.25, 0.3) is 22.4 Å². The minimum absolute atomic E-state index is 0.240. The Balaban J connectivity index is 2.08. The molecule has 5 nitrogen and oxygen atoms in total. The molecule has 0 saturated heterocycles. The van der Waals surface area contributed by atoms with E-state index in [9.17, 15) is 0 Å². The molecule has 0 amide bonds. The molecule has 23 heavy (non-hydrogen) atoms. The topological polar surface area (TPSA) is 76.9 Å². The minimum Gasteiger partial charge on any atom is -0.491 e. The fraction of sp³-hybridized carbons (Fsp3) is 0.222. The lowest BCUT2D eigenvalue weighted by atomic mass is 10.1. The van der Waals surface area contributed by atoms with Crippen molar-refractivity contribution in [2.45, 2.75) is 19.9 Å². The number of para-hydroxylation sites is 2. The average molecular weight is 306 g/mol. The van der Waals surface area contributed by atoms with Crippen LogP contribution in [-0.2, 0) is 6.54 Å². The van der Waals surface area contributed by atoms with E-state index in [4.69, 9.17) is 15.7 Å². The average Bonchev–Trinajstić information content (AvgIpc) is 2.93. The van der Waals surface area contributed by atoms with Crippen molar-refractivity contribution < 1.29 is 4.74 Å². The summed E-state index contributed by atoms with van der Waals surface area (Å²) in [4.78, 5) is 4.65. The van der Waals surface area contributed by atoms with E-state index < -0.39 is 0 Å². The molecule has 0 aliphatic rings. The molecule has 1 heterocycles. The van der Waals surface area contributed by atoms with Gasteiger partial charge in [0.05, 0.1) is 29.4 Å². The highest BCUT2D eigenvalue weighted by Gasteiger charge is 2.13. The Hall–Kier alpha value is -3.00. The van der Waals surface area contributed by atoms with Gasteiger partial charge in [-0.1, -0.05) is 19.1 Å². The van der Waals surface area contributed by atoms with Gasteiger partial charge in [0, 0.05) is 5.56 Å². The minimum atomic E-state index is 0.240. The van der Waals surface area contributed by atoms with Crippen LogP contribution in [0.3, 0.4) is 0 Å². The first kappa shape index (κ1) is 14.9. The third-order valence-electron chi connectivity index (χ3n) is 3.61. The fourth-order valence-corrected chi connectivity index (χ4v) is 2.56. The molecule has 2 N–H and O–H groups in total. The molecule has 2 aromatic carbocycles. The molecule has 0 unspecified atom stereocenters. The number of anilines is 1. The normalized spacial score (nSPS) is 10.6. The Morgan fingerprint density at radius 2 is 2.09 bits per heavy atom. The second-order valence-corrected chi connectivity index (χ2v) is 5.27. The van der Waals surface area contributed by atoms with Gasteiger partial charge in [-0.2, -0.15) is 5.26 Å². The predicted molar refractivity (Wildman–Crippen MR) is 91.0 cm³/mol. The molecule has 0 aliphatic carbocycles. The largest absolute Gasteiger partial charge is 0.491 e. The number of ether oxygens (including phenoxy) is 1. The third-order valence-corrected chi connectivity index (χ3v) is 3.61. The van der Waals surface area contributed by atoms with Crippen LogP contribution in [0.1, 0.15) is 13.3 Å². The Morgan fingerprint density at radius 3 is 2.83 bits per heavy atom. The number of nitrogens with zero attached hydrogens (tertiary/aromatic N) is 3. The van der Waals surface area contributed by atoms with Gasteiger partial charge in [0.25, 0.3) is 0 Å². The summed E-state index contributed by atoms with van der Waals surface area (Å²) in [6, 6.07) is 15.6. The van der Waals surface area contributed by atoms with E-state index in [2.05, 4.69) is 18.0 Å². The zero-order valence-corrected chi connectivity index (χ0v) is 13.0. The summed E-state index contributed by atoms with van der Waals surface area (Å²) in [6.07, 6.45) is 0.930. The standard InChI is InChI=1S/C18H18N4O/c1-2-11-23-17-8-7-13(12-14(17)20)18-21-15-5-3-4-6-16(15)22(18)10-9-19/h3-8,12H,2,10-11,20H2,1H3. The van der Waals surface area contributed by atoms with Crippen molar-refractivity contribution in [2.75, 3.05) is 12.3 Å². The Morgan fingerprint density at radius 1 is 1.26 bits per heavy atom. The molecule has 0 radical (unpaired) electrons. The van der Waals surface area contributed by atoms with Crippen molar-refractivity contribution in [1.82, 2.24) is 9.55 Å². The first-order valence-corrected chi connectivity index (χ1v) is 7.59. The van der Waals surface area contributed by atoms with Crippen molar-refractivity contribution in [3.8, 4) is 23.2 Å². The monoisotopic (exact) mass is 306 g/mol. The summed E-state index contributed by atoms with van der Waals surface area (Å²) >= 11 is 0. The van der Waals surface area contributed by atoms with Gasteiger partial charge in [-0.25, -0.2) is 4.98 Å². The van der Waals surface area contributed by atoms with E-state index in [0.717, 1.165) is 28.8 Å². The number of imidazole rings is 1. The number of aromatic nitrogens is 2. The highest BCUT2D eigenvalue weighted by molar-refractivity contribution is 5.81. The number of nitrogen functional groups attached to an aromatic ring is 1. The molecule has 0 saturated carbocycles. The van der Waals surface area contributed by atoms with Crippen LogP contribution in [-0.4, -0.2) is 16.2 Å². The van der Waals surface area contributed by atoms with Gasteiger partial charge in [0.1, 0.15) is 18.1 Å².